The van der Waals surface area contributed by atoms with Gasteiger partial charge in [-0.25, -0.2) is 4.98 Å². The number of rotatable bonds is 1. The quantitative estimate of drug-likeness (QED) is 0.747. The first-order valence-corrected chi connectivity index (χ1v) is 6.96. The zero-order valence-electron chi connectivity index (χ0n) is 9.52. The van der Waals surface area contributed by atoms with Crippen molar-refractivity contribution in [2.75, 3.05) is 5.75 Å². The van der Waals surface area contributed by atoms with Gasteiger partial charge in [-0.05, 0) is 37.7 Å². The van der Waals surface area contributed by atoms with Crippen LogP contribution in [0.15, 0.2) is 24.4 Å². The third-order valence-electron chi connectivity index (χ3n) is 3.22. The SMILES string of the molecule is Cc1cccc2nc(C3CCCCS3)cn12. The molecular weight excluding hydrogens is 216 g/mol. The molecule has 1 fully saturated rings. The number of nitrogens with zero attached hydrogens (tertiary/aromatic N) is 2. The largest absolute Gasteiger partial charge is 0.304 e. The van der Waals surface area contributed by atoms with E-state index in [2.05, 4.69) is 47.5 Å². The fourth-order valence-electron chi connectivity index (χ4n) is 2.30. The van der Waals surface area contributed by atoms with Crippen molar-refractivity contribution >= 4 is 17.4 Å². The van der Waals surface area contributed by atoms with Gasteiger partial charge in [0.05, 0.1) is 5.69 Å². The molecule has 1 saturated heterocycles. The van der Waals surface area contributed by atoms with Crippen molar-refractivity contribution in [1.82, 2.24) is 9.38 Å². The summed E-state index contributed by atoms with van der Waals surface area (Å²) < 4.78 is 2.20. The molecule has 1 atom stereocenters. The normalized spacial score (nSPS) is 21.4. The fraction of sp³-hybridized carbons (Fsp3) is 0.462. The molecule has 0 saturated carbocycles. The van der Waals surface area contributed by atoms with Crippen molar-refractivity contribution in [3.05, 3.63) is 35.8 Å². The third kappa shape index (κ3) is 1.73. The zero-order valence-corrected chi connectivity index (χ0v) is 10.3. The second-order valence-electron chi connectivity index (χ2n) is 4.42. The molecule has 0 amide bonds. The molecule has 1 unspecified atom stereocenters. The van der Waals surface area contributed by atoms with Crippen LogP contribution >= 0.6 is 11.8 Å². The van der Waals surface area contributed by atoms with Gasteiger partial charge in [0.15, 0.2) is 0 Å². The highest BCUT2D eigenvalue weighted by Gasteiger charge is 2.18. The van der Waals surface area contributed by atoms with Gasteiger partial charge in [0, 0.05) is 17.1 Å². The van der Waals surface area contributed by atoms with E-state index in [1.165, 1.54) is 36.4 Å². The second-order valence-corrected chi connectivity index (χ2v) is 5.73. The molecule has 3 heteroatoms. The second kappa shape index (κ2) is 4.13. The van der Waals surface area contributed by atoms with E-state index in [1.807, 2.05) is 0 Å². The summed E-state index contributed by atoms with van der Waals surface area (Å²) in [5.41, 5.74) is 3.61. The first-order valence-electron chi connectivity index (χ1n) is 5.91. The van der Waals surface area contributed by atoms with Crippen LogP contribution < -0.4 is 0 Å². The van der Waals surface area contributed by atoms with E-state index in [9.17, 15) is 0 Å². The molecule has 16 heavy (non-hydrogen) atoms. The lowest BCUT2D eigenvalue weighted by atomic mass is 10.1. The molecule has 84 valence electrons. The maximum atomic E-state index is 4.74. The first-order chi connectivity index (χ1) is 7.84. The Morgan fingerprint density at radius 1 is 1.38 bits per heavy atom. The van der Waals surface area contributed by atoms with Crippen molar-refractivity contribution in [3.8, 4) is 0 Å². The Labute approximate surface area is 100 Å². The van der Waals surface area contributed by atoms with Crippen LogP contribution in [0.5, 0.6) is 0 Å². The van der Waals surface area contributed by atoms with Gasteiger partial charge in [-0.15, -0.1) is 0 Å². The first kappa shape index (κ1) is 10.2. The molecule has 0 aromatic carbocycles. The number of hydrogen-bond donors (Lipinski definition) is 0. The highest BCUT2D eigenvalue weighted by Crippen LogP contribution is 2.37. The zero-order chi connectivity index (χ0) is 11.0. The molecule has 2 aromatic heterocycles. The number of hydrogen-bond acceptors (Lipinski definition) is 2. The molecule has 0 radical (unpaired) electrons. The van der Waals surface area contributed by atoms with Crippen molar-refractivity contribution in [2.45, 2.75) is 31.4 Å². The maximum Gasteiger partial charge on any atom is 0.137 e. The summed E-state index contributed by atoms with van der Waals surface area (Å²) in [6.07, 6.45) is 6.22. The molecule has 1 aliphatic heterocycles. The van der Waals surface area contributed by atoms with Crippen LogP contribution in [-0.4, -0.2) is 15.1 Å². The molecule has 2 aromatic rings. The average Bonchev–Trinajstić information content (AvgIpc) is 2.76. The molecular formula is C13H16N2S. The van der Waals surface area contributed by atoms with Gasteiger partial charge in [0.2, 0.25) is 0 Å². The molecule has 3 heterocycles. The molecule has 1 aliphatic rings. The van der Waals surface area contributed by atoms with Crippen molar-refractivity contribution in [3.63, 3.8) is 0 Å². The van der Waals surface area contributed by atoms with E-state index < -0.39 is 0 Å². The Kier molecular flexibility index (Phi) is 2.64. The summed E-state index contributed by atoms with van der Waals surface area (Å²) >= 11 is 2.06. The number of aromatic nitrogens is 2. The van der Waals surface area contributed by atoms with Gasteiger partial charge < -0.3 is 4.40 Å². The number of aryl methyl sites for hydroxylation is 1. The summed E-state index contributed by atoms with van der Waals surface area (Å²) in [6, 6.07) is 6.30. The van der Waals surface area contributed by atoms with E-state index in [-0.39, 0.29) is 0 Å². The van der Waals surface area contributed by atoms with Crippen LogP contribution in [0.2, 0.25) is 0 Å². The van der Waals surface area contributed by atoms with Crippen LogP contribution in [-0.2, 0) is 0 Å². The Morgan fingerprint density at radius 2 is 2.31 bits per heavy atom. The van der Waals surface area contributed by atoms with Gasteiger partial charge in [-0.2, -0.15) is 11.8 Å². The Morgan fingerprint density at radius 3 is 3.06 bits per heavy atom. The minimum atomic E-state index is 0.619. The smallest absolute Gasteiger partial charge is 0.137 e. The van der Waals surface area contributed by atoms with Crippen molar-refractivity contribution in [1.29, 1.82) is 0 Å². The van der Waals surface area contributed by atoms with Gasteiger partial charge >= 0.3 is 0 Å². The Balaban J connectivity index is 2.01. The third-order valence-corrected chi connectivity index (χ3v) is 4.63. The van der Waals surface area contributed by atoms with Gasteiger partial charge in [-0.3, -0.25) is 0 Å². The van der Waals surface area contributed by atoms with Crippen molar-refractivity contribution in [2.24, 2.45) is 0 Å². The van der Waals surface area contributed by atoms with Crippen LogP contribution in [0.3, 0.4) is 0 Å². The average molecular weight is 232 g/mol. The van der Waals surface area contributed by atoms with E-state index in [1.54, 1.807) is 0 Å². The lowest BCUT2D eigenvalue weighted by Crippen LogP contribution is -2.02. The van der Waals surface area contributed by atoms with E-state index >= 15 is 0 Å². The number of pyridine rings is 1. The lowest BCUT2D eigenvalue weighted by Gasteiger charge is -2.18. The predicted molar refractivity (Wildman–Crippen MR) is 69.0 cm³/mol. The molecule has 0 bridgehead atoms. The number of imidazole rings is 1. The number of thioether (sulfide) groups is 1. The maximum absolute atomic E-state index is 4.74. The van der Waals surface area contributed by atoms with Crippen LogP contribution in [0.1, 0.15) is 35.9 Å². The van der Waals surface area contributed by atoms with Crippen LogP contribution in [0, 0.1) is 6.92 Å². The van der Waals surface area contributed by atoms with Crippen LogP contribution in [0.4, 0.5) is 0 Å². The summed E-state index contributed by atoms with van der Waals surface area (Å²) in [6.45, 7) is 2.13. The van der Waals surface area contributed by atoms with E-state index in [0.29, 0.717) is 5.25 Å². The summed E-state index contributed by atoms with van der Waals surface area (Å²) in [5, 5.41) is 0.619. The predicted octanol–water partition coefficient (Wildman–Crippen LogP) is 3.60. The van der Waals surface area contributed by atoms with Crippen LogP contribution in [0.25, 0.3) is 5.65 Å². The minimum Gasteiger partial charge on any atom is -0.304 e. The summed E-state index contributed by atoms with van der Waals surface area (Å²) in [7, 11) is 0. The topological polar surface area (TPSA) is 17.3 Å². The lowest BCUT2D eigenvalue weighted by molar-refractivity contribution is 0.678. The summed E-state index contributed by atoms with van der Waals surface area (Å²) in [4.78, 5) is 4.74. The summed E-state index contributed by atoms with van der Waals surface area (Å²) in [5.74, 6) is 1.29. The molecule has 0 aliphatic carbocycles. The molecule has 3 rings (SSSR count). The standard InChI is InChI=1S/C13H16N2S/c1-10-5-4-7-13-14-11(9-15(10)13)12-6-2-3-8-16-12/h4-5,7,9,12H,2-3,6,8H2,1H3. The highest BCUT2D eigenvalue weighted by atomic mass is 32.2. The van der Waals surface area contributed by atoms with Gasteiger partial charge in [0.25, 0.3) is 0 Å². The minimum absolute atomic E-state index is 0.619. The van der Waals surface area contributed by atoms with Gasteiger partial charge in [-0.1, -0.05) is 12.5 Å². The van der Waals surface area contributed by atoms with E-state index in [4.69, 9.17) is 4.98 Å². The molecule has 2 nitrogen and oxygen atoms in total. The number of fused-ring (bicyclic) bond motifs is 1. The fourth-order valence-corrected chi connectivity index (χ4v) is 3.57. The van der Waals surface area contributed by atoms with Gasteiger partial charge in [0.1, 0.15) is 5.65 Å². The Hall–Kier alpha value is -0.960. The molecule has 0 N–H and O–H groups in total. The monoisotopic (exact) mass is 232 g/mol. The van der Waals surface area contributed by atoms with E-state index in [0.717, 1.165) is 5.65 Å². The molecule has 0 spiro atoms. The van der Waals surface area contributed by atoms with Crippen molar-refractivity contribution < 1.29 is 0 Å². The Bertz CT molecular complexity index is 498. The highest BCUT2D eigenvalue weighted by molar-refractivity contribution is 7.99.